The van der Waals surface area contributed by atoms with Crippen LogP contribution in [0.1, 0.15) is 32.3 Å². The van der Waals surface area contributed by atoms with Gasteiger partial charge in [-0.15, -0.1) is 0 Å². The summed E-state index contributed by atoms with van der Waals surface area (Å²) in [5.74, 6) is 1.60. The molecule has 1 unspecified atom stereocenters. The largest absolute Gasteiger partial charge is 0.491 e. The van der Waals surface area contributed by atoms with Gasteiger partial charge in [0.25, 0.3) is 0 Å². The highest BCUT2D eigenvalue weighted by molar-refractivity contribution is 5.91. The Balaban J connectivity index is 1.34. The Bertz CT molecular complexity index is 1390. The van der Waals surface area contributed by atoms with Crippen LogP contribution in [0, 0.1) is 0 Å². The number of H-pyrrole nitrogens is 1. The number of fused-ring (bicyclic) bond motifs is 2. The fourth-order valence-electron chi connectivity index (χ4n) is 5.20. The van der Waals surface area contributed by atoms with Gasteiger partial charge in [-0.25, -0.2) is 15.0 Å². The number of amides is 1. The van der Waals surface area contributed by atoms with Crippen LogP contribution in [0.3, 0.4) is 0 Å². The van der Waals surface area contributed by atoms with Gasteiger partial charge in [0.15, 0.2) is 11.5 Å². The molecule has 38 heavy (non-hydrogen) atoms. The van der Waals surface area contributed by atoms with Gasteiger partial charge in [-0.05, 0) is 36.8 Å². The topological polar surface area (TPSA) is 117 Å². The van der Waals surface area contributed by atoms with E-state index in [0.29, 0.717) is 32.0 Å². The first-order chi connectivity index (χ1) is 18.6. The molecule has 1 saturated heterocycles. The molecule has 2 atom stereocenters. The number of aromatic nitrogens is 4. The maximum atomic E-state index is 12.4. The molecule has 0 radical (unpaired) electrons. The summed E-state index contributed by atoms with van der Waals surface area (Å²) in [6, 6.07) is 12.3. The van der Waals surface area contributed by atoms with E-state index < -0.39 is 6.10 Å². The van der Waals surface area contributed by atoms with Crippen LogP contribution in [-0.2, 0) is 16.1 Å². The number of anilines is 1. The third-order valence-corrected chi connectivity index (χ3v) is 7.09. The predicted molar refractivity (Wildman–Crippen MR) is 145 cm³/mol. The number of nitrogens with zero attached hydrogens (tertiary/aromatic N) is 5. The van der Waals surface area contributed by atoms with E-state index in [4.69, 9.17) is 9.47 Å². The van der Waals surface area contributed by atoms with Crippen molar-refractivity contribution in [1.29, 1.82) is 0 Å². The van der Waals surface area contributed by atoms with Crippen LogP contribution in [0.4, 0.5) is 5.82 Å². The highest BCUT2D eigenvalue weighted by atomic mass is 16.5. The lowest BCUT2D eigenvalue weighted by molar-refractivity contribution is -0.132. The molecule has 0 aliphatic carbocycles. The fourth-order valence-corrected chi connectivity index (χ4v) is 5.20. The van der Waals surface area contributed by atoms with Crippen LogP contribution in [-0.4, -0.2) is 80.9 Å². The van der Waals surface area contributed by atoms with Gasteiger partial charge in [0.2, 0.25) is 5.91 Å². The van der Waals surface area contributed by atoms with E-state index in [2.05, 4.69) is 30.9 Å². The standard InChI is InChI=1S/C28H34N6O4/c1-3-37-22(15-35)14-33(19(2)36)13-20-10-11-25(24-9-5-4-8-23(20)24)38-16-21-7-6-12-34(21)28-26-27(30-17-29-26)31-18-32-28/h4-5,8-11,17-18,21-22,35H,3,6-7,12-16H2,1-2H3,(H,29,30,31,32)/t21-,22?/m1/s1. The lowest BCUT2D eigenvalue weighted by atomic mass is 10.0. The van der Waals surface area contributed by atoms with E-state index in [1.165, 1.54) is 0 Å². The smallest absolute Gasteiger partial charge is 0.219 e. The fraction of sp³-hybridized carbons (Fsp3) is 0.429. The predicted octanol–water partition coefficient (Wildman–Crippen LogP) is 3.30. The second-order valence-electron chi connectivity index (χ2n) is 9.53. The van der Waals surface area contributed by atoms with Crippen LogP contribution < -0.4 is 9.64 Å². The zero-order chi connectivity index (χ0) is 26.5. The molecular formula is C28H34N6O4. The molecule has 1 aliphatic heterocycles. The number of aromatic amines is 1. The Morgan fingerprint density at radius 3 is 2.84 bits per heavy atom. The summed E-state index contributed by atoms with van der Waals surface area (Å²) >= 11 is 0. The monoisotopic (exact) mass is 518 g/mol. The number of aliphatic hydroxyl groups is 1. The number of hydrogen-bond acceptors (Lipinski definition) is 8. The van der Waals surface area contributed by atoms with Crippen molar-refractivity contribution < 1.29 is 19.4 Å². The maximum absolute atomic E-state index is 12.4. The summed E-state index contributed by atoms with van der Waals surface area (Å²) in [7, 11) is 0. The van der Waals surface area contributed by atoms with Gasteiger partial charge >= 0.3 is 0 Å². The van der Waals surface area contributed by atoms with Crippen LogP contribution >= 0.6 is 0 Å². The van der Waals surface area contributed by atoms with Crippen molar-refractivity contribution in [1.82, 2.24) is 24.8 Å². The Morgan fingerprint density at radius 1 is 1.21 bits per heavy atom. The average molecular weight is 519 g/mol. The molecule has 1 aliphatic rings. The number of rotatable bonds is 11. The second-order valence-corrected chi connectivity index (χ2v) is 9.53. The Morgan fingerprint density at radius 2 is 2.05 bits per heavy atom. The molecule has 2 N–H and O–H groups in total. The van der Waals surface area contributed by atoms with E-state index in [9.17, 15) is 9.90 Å². The molecule has 10 nitrogen and oxygen atoms in total. The summed E-state index contributed by atoms with van der Waals surface area (Å²) < 4.78 is 12.0. The molecule has 5 rings (SSSR count). The third-order valence-electron chi connectivity index (χ3n) is 7.09. The number of ether oxygens (including phenoxy) is 2. The van der Waals surface area contributed by atoms with Crippen LogP contribution in [0.25, 0.3) is 21.9 Å². The first-order valence-corrected chi connectivity index (χ1v) is 13.1. The molecule has 0 bridgehead atoms. The van der Waals surface area contributed by atoms with E-state index in [1.54, 1.807) is 24.5 Å². The van der Waals surface area contributed by atoms with Gasteiger partial charge in [0.1, 0.15) is 24.2 Å². The molecule has 1 fully saturated rings. The molecular weight excluding hydrogens is 484 g/mol. The van der Waals surface area contributed by atoms with Crippen molar-refractivity contribution in [2.45, 2.75) is 45.4 Å². The van der Waals surface area contributed by atoms with Crippen LogP contribution in [0.15, 0.2) is 49.1 Å². The molecule has 1 amide bonds. The number of imidazole rings is 1. The summed E-state index contributed by atoms with van der Waals surface area (Å²) in [4.78, 5) is 32.6. The highest BCUT2D eigenvalue weighted by Crippen LogP contribution is 2.32. The van der Waals surface area contributed by atoms with E-state index >= 15 is 0 Å². The molecule has 2 aromatic heterocycles. The lowest BCUT2D eigenvalue weighted by Crippen LogP contribution is -2.38. The van der Waals surface area contributed by atoms with Crippen molar-refractivity contribution >= 4 is 33.7 Å². The molecule has 3 heterocycles. The van der Waals surface area contributed by atoms with E-state index in [1.807, 2.05) is 37.3 Å². The van der Waals surface area contributed by atoms with Gasteiger partial charge in [-0.1, -0.05) is 30.3 Å². The first kappa shape index (κ1) is 25.9. The SMILES string of the molecule is CCOC(CO)CN(Cc1ccc(OC[C@H]2CCCN2c2ncnc3nc[nH]c23)c2ccccc12)C(C)=O. The molecule has 200 valence electrons. The van der Waals surface area contributed by atoms with Crippen LogP contribution in [0.5, 0.6) is 5.75 Å². The molecule has 2 aromatic carbocycles. The van der Waals surface area contributed by atoms with Gasteiger partial charge in [0.05, 0.1) is 25.1 Å². The Hall–Kier alpha value is -3.76. The Kier molecular flexibility index (Phi) is 8.00. The molecule has 0 saturated carbocycles. The summed E-state index contributed by atoms with van der Waals surface area (Å²) in [5, 5.41) is 11.7. The van der Waals surface area contributed by atoms with Crippen molar-refractivity contribution in [2.24, 2.45) is 0 Å². The van der Waals surface area contributed by atoms with Crippen molar-refractivity contribution in [2.75, 3.05) is 37.8 Å². The number of hydrogen-bond donors (Lipinski definition) is 2. The summed E-state index contributed by atoms with van der Waals surface area (Å²) in [6.07, 6.45) is 4.86. The van der Waals surface area contributed by atoms with Crippen LogP contribution in [0.2, 0.25) is 0 Å². The summed E-state index contributed by atoms with van der Waals surface area (Å²) in [5.41, 5.74) is 2.52. The number of aliphatic hydroxyl groups excluding tert-OH is 1. The van der Waals surface area contributed by atoms with Gasteiger partial charge in [-0.2, -0.15) is 0 Å². The quantitative estimate of drug-likeness (QED) is 0.311. The van der Waals surface area contributed by atoms with Gasteiger partial charge in [-0.3, -0.25) is 4.79 Å². The van der Waals surface area contributed by atoms with Crippen molar-refractivity contribution in [3.05, 3.63) is 54.6 Å². The highest BCUT2D eigenvalue weighted by Gasteiger charge is 2.28. The first-order valence-electron chi connectivity index (χ1n) is 13.1. The zero-order valence-electron chi connectivity index (χ0n) is 21.8. The lowest BCUT2D eigenvalue weighted by Gasteiger charge is -2.27. The third kappa shape index (κ3) is 5.41. The van der Waals surface area contributed by atoms with E-state index in [0.717, 1.165) is 52.8 Å². The minimum Gasteiger partial charge on any atom is -0.491 e. The average Bonchev–Trinajstić information content (AvgIpc) is 3.61. The number of nitrogens with one attached hydrogen (secondary N) is 1. The molecule has 4 aromatic rings. The zero-order valence-corrected chi connectivity index (χ0v) is 21.8. The number of carbonyl (C=O) groups excluding carboxylic acids is 1. The number of benzene rings is 2. The van der Waals surface area contributed by atoms with Gasteiger partial charge in [0, 0.05) is 38.6 Å². The molecule has 0 spiro atoms. The maximum Gasteiger partial charge on any atom is 0.219 e. The second kappa shape index (κ2) is 11.7. The number of carbonyl (C=O) groups is 1. The Labute approximate surface area is 221 Å². The molecule has 10 heteroatoms. The van der Waals surface area contributed by atoms with E-state index in [-0.39, 0.29) is 18.6 Å². The minimum atomic E-state index is -0.412. The summed E-state index contributed by atoms with van der Waals surface area (Å²) in [6.45, 7) is 5.94. The van der Waals surface area contributed by atoms with Crippen molar-refractivity contribution in [3.8, 4) is 5.75 Å². The minimum absolute atomic E-state index is 0.0648. The van der Waals surface area contributed by atoms with Crippen molar-refractivity contribution in [3.63, 3.8) is 0 Å². The normalized spacial score (nSPS) is 16.3. The van der Waals surface area contributed by atoms with Gasteiger partial charge < -0.3 is 29.4 Å².